The molecule has 0 fully saturated rings. The van der Waals surface area contributed by atoms with E-state index in [-0.39, 0.29) is 5.69 Å². The van der Waals surface area contributed by atoms with E-state index in [9.17, 15) is 8.78 Å². The maximum atomic E-state index is 13.7. The van der Waals surface area contributed by atoms with Gasteiger partial charge in [-0.2, -0.15) is 0 Å². The van der Waals surface area contributed by atoms with Crippen molar-refractivity contribution < 1.29 is 8.78 Å². The first-order chi connectivity index (χ1) is 7.27. The molecule has 0 aliphatic carbocycles. The van der Waals surface area contributed by atoms with Gasteiger partial charge in [0, 0.05) is 10.0 Å². The first-order valence-electron chi connectivity index (χ1n) is 4.72. The van der Waals surface area contributed by atoms with E-state index in [1.807, 2.05) is 0 Å². The fourth-order valence-electron chi connectivity index (χ4n) is 1.36. The second-order valence-corrected chi connectivity index (χ2v) is 5.30. The molecule has 0 unspecified atom stereocenters. The minimum atomic E-state index is -0.690. The van der Waals surface area contributed by atoms with Gasteiger partial charge in [-0.05, 0) is 32.9 Å². The first-order valence-corrected chi connectivity index (χ1v) is 5.51. The summed E-state index contributed by atoms with van der Waals surface area (Å²) in [6, 6.07) is 2.36. The molecule has 2 nitrogen and oxygen atoms in total. The Balaban J connectivity index is 3.37. The van der Waals surface area contributed by atoms with E-state index >= 15 is 0 Å². The summed E-state index contributed by atoms with van der Waals surface area (Å²) in [5.74, 6) is -1.38. The Kier molecular flexibility index (Phi) is 3.68. The fourth-order valence-corrected chi connectivity index (χ4v) is 1.76. The largest absolute Gasteiger partial charge is 0.323 e. The molecule has 0 spiro atoms. The molecular formula is C11H13BrF2N2. The lowest BCUT2D eigenvalue weighted by Crippen LogP contribution is -2.41. The van der Waals surface area contributed by atoms with Crippen LogP contribution in [0.1, 0.15) is 20.8 Å². The van der Waals surface area contributed by atoms with Crippen LogP contribution >= 0.6 is 15.9 Å². The minimum absolute atomic E-state index is 0.203. The predicted octanol–water partition coefficient (Wildman–Crippen LogP) is 3.94. The smallest absolute Gasteiger partial charge is 0.151 e. The predicted molar refractivity (Wildman–Crippen MR) is 65.1 cm³/mol. The molecule has 1 rings (SSSR count). The van der Waals surface area contributed by atoms with E-state index in [1.54, 1.807) is 20.8 Å². The average molecular weight is 291 g/mol. The summed E-state index contributed by atoms with van der Waals surface area (Å²) in [7, 11) is 0. The molecule has 0 amide bonds. The second kappa shape index (κ2) is 4.49. The molecule has 0 aliphatic heterocycles. The summed E-state index contributed by atoms with van der Waals surface area (Å²) < 4.78 is 27.7. The monoisotopic (exact) mass is 290 g/mol. The lowest BCUT2D eigenvalue weighted by atomic mass is 10.1. The maximum Gasteiger partial charge on any atom is 0.151 e. The van der Waals surface area contributed by atoms with Gasteiger partial charge in [-0.25, -0.2) is 8.78 Å². The van der Waals surface area contributed by atoms with Gasteiger partial charge < -0.3 is 4.90 Å². The van der Waals surface area contributed by atoms with Gasteiger partial charge in [0.1, 0.15) is 5.69 Å². The number of anilines is 1. The standard InChI is InChI=1S/C11H13BrF2N2/c1-11(2,3)16(6-15)10-8(13)4-7(12)5-9(10)14/h4-6,15H,1-3H3. The van der Waals surface area contributed by atoms with E-state index in [2.05, 4.69) is 15.9 Å². The highest BCUT2D eigenvalue weighted by Crippen LogP contribution is 2.30. The molecule has 0 bridgehead atoms. The number of nitrogens with zero attached hydrogens (tertiary/aromatic N) is 1. The van der Waals surface area contributed by atoms with Crippen molar-refractivity contribution in [1.82, 2.24) is 0 Å². The van der Waals surface area contributed by atoms with Crippen LogP contribution < -0.4 is 4.90 Å². The number of hydrogen-bond donors (Lipinski definition) is 1. The molecule has 0 aliphatic rings. The number of hydrogen-bond acceptors (Lipinski definition) is 1. The molecule has 0 aromatic heterocycles. The van der Waals surface area contributed by atoms with Gasteiger partial charge in [-0.15, -0.1) is 0 Å². The van der Waals surface area contributed by atoms with Crippen LogP contribution in [-0.2, 0) is 0 Å². The topological polar surface area (TPSA) is 27.1 Å². The van der Waals surface area contributed by atoms with Crippen LogP contribution in [0.15, 0.2) is 16.6 Å². The van der Waals surface area contributed by atoms with Crippen molar-refractivity contribution in [3.63, 3.8) is 0 Å². The normalized spacial score (nSPS) is 11.4. The van der Waals surface area contributed by atoms with E-state index in [4.69, 9.17) is 5.41 Å². The SMILES string of the molecule is CC(C)(C)N(C=N)c1c(F)cc(Br)cc1F. The first kappa shape index (κ1) is 13.1. The second-order valence-electron chi connectivity index (χ2n) is 4.39. The van der Waals surface area contributed by atoms with E-state index in [0.29, 0.717) is 4.47 Å². The highest BCUT2D eigenvalue weighted by atomic mass is 79.9. The Hall–Kier alpha value is -0.970. The molecule has 1 aromatic rings. The van der Waals surface area contributed by atoms with Crippen molar-refractivity contribution in [1.29, 1.82) is 5.41 Å². The molecule has 0 heterocycles. The van der Waals surface area contributed by atoms with Crippen LogP contribution in [0.2, 0.25) is 0 Å². The van der Waals surface area contributed by atoms with Gasteiger partial charge in [0.2, 0.25) is 0 Å². The molecule has 0 atom stereocenters. The van der Waals surface area contributed by atoms with Gasteiger partial charge in [-0.1, -0.05) is 15.9 Å². The molecular weight excluding hydrogens is 278 g/mol. The minimum Gasteiger partial charge on any atom is -0.323 e. The van der Waals surface area contributed by atoms with Crippen molar-refractivity contribution in [3.8, 4) is 0 Å². The number of rotatable bonds is 2. The average Bonchev–Trinajstić information content (AvgIpc) is 2.08. The summed E-state index contributed by atoms with van der Waals surface area (Å²) >= 11 is 3.01. The molecule has 0 saturated carbocycles. The van der Waals surface area contributed by atoms with Crippen molar-refractivity contribution in [2.45, 2.75) is 26.3 Å². The van der Waals surface area contributed by atoms with Crippen molar-refractivity contribution in [3.05, 3.63) is 28.2 Å². The lowest BCUT2D eigenvalue weighted by molar-refractivity contribution is 0.527. The maximum absolute atomic E-state index is 13.7. The summed E-state index contributed by atoms with van der Waals surface area (Å²) in [5, 5.41) is 7.26. The highest BCUT2D eigenvalue weighted by Gasteiger charge is 2.25. The Bertz CT molecular complexity index is 390. The van der Waals surface area contributed by atoms with Crippen LogP contribution in [0.25, 0.3) is 0 Å². The summed E-state index contributed by atoms with van der Waals surface area (Å²) in [6.45, 7) is 5.33. The number of benzene rings is 1. The quantitative estimate of drug-likeness (QED) is 0.648. The van der Waals surface area contributed by atoms with Crippen LogP contribution in [-0.4, -0.2) is 11.9 Å². The highest BCUT2D eigenvalue weighted by molar-refractivity contribution is 9.10. The van der Waals surface area contributed by atoms with Crippen molar-refractivity contribution in [2.24, 2.45) is 0 Å². The molecule has 5 heteroatoms. The van der Waals surface area contributed by atoms with Crippen molar-refractivity contribution >= 4 is 28.0 Å². The Labute approximate surface area is 102 Å². The van der Waals surface area contributed by atoms with Gasteiger partial charge in [0.05, 0.1) is 6.34 Å². The third-order valence-electron chi connectivity index (χ3n) is 2.07. The molecule has 0 radical (unpaired) electrons. The number of halogens is 3. The third kappa shape index (κ3) is 2.58. The van der Waals surface area contributed by atoms with Crippen LogP contribution in [0.4, 0.5) is 14.5 Å². The summed E-state index contributed by atoms with van der Waals surface area (Å²) in [6.07, 6.45) is 0.926. The Morgan fingerprint density at radius 1 is 1.25 bits per heavy atom. The van der Waals surface area contributed by atoms with E-state index < -0.39 is 17.2 Å². The van der Waals surface area contributed by atoms with Gasteiger partial charge in [-0.3, -0.25) is 5.41 Å². The zero-order valence-corrected chi connectivity index (χ0v) is 10.9. The van der Waals surface area contributed by atoms with Crippen LogP contribution in [0.3, 0.4) is 0 Å². The fraction of sp³-hybridized carbons (Fsp3) is 0.364. The zero-order valence-electron chi connectivity index (χ0n) is 9.31. The van der Waals surface area contributed by atoms with Gasteiger partial charge in [0.15, 0.2) is 11.6 Å². The van der Waals surface area contributed by atoms with Crippen LogP contribution in [0.5, 0.6) is 0 Å². The van der Waals surface area contributed by atoms with Crippen LogP contribution in [0, 0.1) is 17.0 Å². The molecule has 1 aromatic carbocycles. The third-order valence-corrected chi connectivity index (χ3v) is 2.53. The Morgan fingerprint density at radius 2 is 1.69 bits per heavy atom. The number of nitrogens with one attached hydrogen (secondary N) is 1. The van der Waals surface area contributed by atoms with E-state index in [1.165, 1.54) is 17.0 Å². The molecule has 88 valence electrons. The van der Waals surface area contributed by atoms with Crippen molar-refractivity contribution in [2.75, 3.05) is 4.90 Å². The lowest BCUT2D eigenvalue weighted by Gasteiger charge is -2.33. The van der Waals surface area contributed by atoms with Gasteiger partial charge >= 0.3 is 0 Å². The molecule has 1 N–H and O–H groups in total. The summed E-state index contributed by atoms with van der Waals surface area (Å²) in [5.41, 5.74) is -0.761. The molecule has 0 saturated heterocycles. The zero-order chi connectivity index (χ0) is 12.5. The van der Waals surface area contributed by atoms with E-state index in [0.717, 1.165) is 6.34 Å². The van der Waals surface area contributed by atoms with Gasteiger partial charge in [0.25, 0.3) is 0 Å². The molecule has 16 heavy (non-hydrogen) atoms. The summed E-state index contributed by atoms with van der Waals surface area (Å²) in [4.78, 5) is 1.25. The Morgan fingerprint density at radius 3 is 2.00 bits per heavy atom.